The van der Waals surface area contributed by atoms with Crippen LogP contribution in [0.3, 0.4) is 0 Å². The third-order valence-electron chi connectivity index (χ3n) is 11.8. The van der Waals surface area contributed by atoms with E-state index >= 15 is 0 Å². The minimum atomic E-state index is -0.0303. The Morgan fingerprint density at radius 3 is 1.91 bits per heavy atom. The maximum absolute atomic E-state index is 6.66. The van der Waals surface area contributed by atoms with E-state index in [-0.39, 0.29) is 26.5 Å². The number of pyridine rings is 1. The summed E-state index contributed by atoms with van der Waals surface area (Å²) in [6.45, 7) is 6.67. The zero-order valence-corrected chi connectivity index (χ0v) is 37.8. The van der Waals surface area contributed by atoms with Crippen LogP contribution in [0.5, 0.6) is 11.5 Å². The molecule has 3 heterocycles. The van der Waals surface area contributed by atoms with Crippen LogP contribution in [0.15, 0.2) is 200 Å². The van der Waals surface area contributed by atoms with Crippen LogP contribution in [0.1, 0.15) is 26.3 Å². The van der Waals surface area contributed by atoms with Gasteiger partial charge in [0.2, 0.25) is 5.69 Å². The second-order valence-electron chi connectivity index (χ2n) is 16.8. The van der Waals surface area contributed by atoms with E-state index in [9.17, 15) is 0 Å². The summed E-state index contributed by atoms with van der Waals surface area (Å²) in [6.07, 6.45) is 1.90. The molecule has 0 bridgehead atoms. The monoisotopic (exact) mass is 1010 g/mol. The maximum Gasteiger partial charge on any atom is 2.00 e. The number of nitrogens with zero attached hydrogens (tertiary/aromatic N) is 4. The van der Waals surface area contributed by atoms with E-state index in [0.717, 1.165) is 83.8 Å². The fourth-order valence-electron chi connectivity index (χ4n) is 8.78. The zero-order chi connectivity index (χ0) is 42.5. The summed E-state index contributed by atoms with van der Waals surface area (Å²) in [4.78, 5) is 4.86. The summed E-state index contributed by atoms with van der Waals surface area (Å²) in [7, 11) is 0. The van der Waals surface area contributed by atoms with E-state index in [1.165, 1.54) is 5.56 Å². The number of benzene rings is 8. The molecule has 11 rings (SSSR count). The standard InChI is InChI=1S/C58H42N4O.Pt/c1-58(2,3)42-34-35-59-55(36-42)62-52-30-14-13-26-49(52)50-33-32-46(38-54(50)62)63-45-25-15-24-44(37-45)60-39-61(43-22-11-6-12-23-43)57-51(29-17-31-53(57)60)56-47(40-18-7-4-8-19-40)27-16-28-48(56)41-20-9-5-10-21-41;/h4-36H,1-3H3;/q;+2. The SMILES string of the molecule is CC(C)(C)c1ccnc(-n2c3[c-]c(Oc4[c-]c([N+]5=C=[N+](c6ccccc6)c6c(-c7c(-c8ccccc8)cccc7-c7ccccc7)cccc65)ccc4)ccc3c3ccccc32)c1.[Pt+2]. The molecule has 0 atom stereocenters. The smallest absolute Gasteiger partial charge is 0.509 e. The van der Waals surface area contributed by atoms with E-state index in [1.807, 2.05) is 30.5 Å². The number of para-hydroxylation sites is 3. The largest absolute Gasteiger partial charge is 2.00 e. The number of ether oxygens (including phenoxy) is 1. The van der Waals surface area contributed by atoms with Gasteiger partial charge in [-0.2, -0.15) is 12.1 Å². The Kier molecular flexibility index (Phi) is 10.6. The van der Waals surface area contributed by atoms with Gasteiger partial charge in [-0.3, -0.25) is 0 Å². The van der Waals surface area contributed by atoms with E-state index < -0.39 is 0 Å². The van der Waals surface area contributed by atoms with Crippen LogP contribution in [-0.2, 0) is 26.5 Å². The van der Waals surface area contributed by atoms with Crippen LogP contribution in [0, 0.1) is 12.1 Å². The molecule has 0 N–H and O–H groups in total. The van der Waals surface area contributed by atoms with Gasteiger partial charge in [0.05, 0.1) is 5.56 Å². The Balaban J connectivity index is 0.00000484. The van der Waals surface area contributed by atoms with Gasteiger partial charge in [-0.25, -0.2) is 4.98 Å². The molecule has 6 heteroatoms. The predicted octanol–water partition coefficient (Wildman–Crippen LogP) is 14.7. The second kappa shape index (κ2) is 16.7. The van der Waals surface area contributed by atoms with Crippen molar-refractivity contribution in [2.75, 3.05) is 0 Å². The minimum Gasteiger partial charge on any atom is -0.509 e. The van der Waals surface area contributed by atoms with E-state index in [0.29, 0.717) is 11.5 Å². The van der Waals surface area contributed by atoms with Gasteiger partial charge in [-0.15, -0.1) is 23.6 Å². The summed E-state index contributed by atoms with van der Waals surface area (Å²) in [5, 5.41) is 2.22. The molecule has 8 aromatic carbocycles. The third kappa shape index (κ3) is 7.29. The van der Waals surface area contributed by atoms with E-state index in [1.54, 1.807) is 0 Å². The molecule has 0 spiro atoms. The molecule has 0 saturated heterocycles. The first kappa shape index (κ1) is 40.6. The van der Waals surface area contributed by atoms with Crippen molar-refractivity contribution in [1.29, 1.82) is 0 Å². The first-order valence-electron chi connectivity index (χ1n) is 21.3. The minimum absolute atomic E-state index is 0. The van der Waals surface area contributed by atoms with Gasteiger partial charge in [0, 0.05) is 47.0 Å². The number of rotatable bonds is 8. The molecular weight excluding hydrogens is 964 g/mol. The van der Waals surface area contributed by atoms with Crippen molar-refractivity contribution in [3.05, 3.63) is 218 Å². The Morgan fingerprint density at radius 2 is 1.19 bits per heavy atom. The van der Waals surface area contributed by atoms with Crippen LogP contribution in [0.2, 0.25) is 0 Å². The summed E-state index contributed by atoms with van der Waals surface area (Å²) < 4.78 is 13.1. The van der Waals surface area contributed by atoms with Gasteiger partial charge in [0.1, 0.15) is 11.5 Å². The molecule has 2 aromatic heterocycles. The first-order chi connectivity index (χ1) is 30.9. The average molecular weight is 1010 g/mol. The summed E-state index contributed by atoms with van der Waals surface area (Å²) in [5.74, 6) is 2.00. The number of hydrogen-bond donors (Lipinski definition) is 0. The molecule has 1 aliphatic rings. The van der Waals surface area contributed by atoms with Crippen molar-refractivity contribution >= 4 is 50.6 Å². The Bertz CT molecular complexity index is 3380. The zero-order valence-electron chi connectivity index (χ0n) is 35.6. The fraction of sp³-hybridized carbons (Fsp3) is 0.0690. The fourth-order valence-corrected chi connectivity index (χ4v) is 8.78. The number of hydrogen-bond acceptors (Lipinski definition) is 2. The summed E-state index contributed by atoms with van der Waals surface area (Å²) in [5.41, 5.74) is 13.8. The predicted molar refractivity (Wildman–Crippen MR) is 259 cm³/mol. The van der Waals surface area contributed by atoms with Crippen LogP contribution in [-0.4, -0.2) is 15.6 Å². The van der Waals surface area contributed by atoms with Crippen molar-refractivity contribution in [1.82, 2.24) is 18.7 Å². The third-order valence-corrected chi connectivity index (χ3v) is 11.8. The number of fused-ring (bicyclic) bond motifs is 4. The molecule has 308 valence electrons. The van der Waals surface area contributed by atoms with Gasteiger partial charge in [-0.05, 0) is 67.5 Å². The van der Waals surface area contributed by atoms with Crippen LogP contribution in [0.4, 0.5) is 22.7 Å². The van der Waals surface area contributed by atoms with Crippen molar-refractivity contribution in [3.8, 4) is 50.7 Å². The van der Waals surface area contributed by atoms with Crippen LogP contribution in [0.25, 0.3) is 61.0 Å². The molecule has 64 heavy (non-hydrogen) atoms. The molecule has 0 radical (unpaired) electrons. The average Bonchev–Trinajstić information content (AvgIpc) is 3.88. The van der Waals surface area contributed by atoms with Gasteiger partial charge in [-0.1, -0.05) is 164 Å². The van der Waals surface area contributed by atoms with Crippen molar-refractivity contribution < 1.29 is 25.8 Å². The Labute approximate surface area is 387 Å². The summed E-state index contributed by atoms with van der Waals surface area (Å²) >= 11 is 0. The first-order valence-corrected chi connectivity index (χ1v) is 21.3. The van der Waals surface area contributed by atoms with E-state index in [2.05, 4.69) is 222 Å². The molecule has 5 nitrogen and oxygen atoms in total. The quantitative estimate of drug-likeness (QED) is 0.112. The Morgan fingerprint density at radius 1 is 0.562 bits per heavy atom. The maximum atomic E-state index is 6.66. The van der Waals surface area contributed by atoms with Crippen molar-refractivity contribution in [2.24, 2.45) is 0 Å². The summed E-state index contributed by atoms with van der Waals surface area (Å²) in [6, 6.07) is 78.7. The topological polar surface area (TPSA) is 33.1 Å². The van der Waals surface area contributed by atoms with Gasteiger partial charge < -0.3 is 9.30 Å². The van der Waals surface area contributed by atoms with Crippen molar-refractivity contribution in [2.45, 2.75) is 26.2 Å². The van der Waals surface area contributed by atoms with Crippen LogP contribution < -0.4 is 13.9 Å². The molecule has 0 amide bonds. The molecule has 0 saturated carbocycles. The van der Waals surface area contributed by atoms with Crippen molar-refractivity contribution in [3.63, 3.8) is 0 Å². The molecule has 1 aliphatic heterocycles. The van der Waals surface area contributed by atoms with E-state index in [4.69, 9.17) is 9.72 Å². The molecule has 0 fully saturated rings. The van der Waals surface area contributed by atoms with Gasteiger partial charge in [0.15, 0.2) is 0 Å². The Hall–Kier alpha value is -7.42. The normalized spacial score (nSPS) is 12.1. The molecule has 10 aromatic rings. The molecular formula is C58H42N4OPt+2. The van der Waals surface area contributed by atoms with Gasteiger partial charge in [0.25, 0.3) is 5.69 Å². The van der Waals surface area contributed by atoms with Gasteiger partial charge >= 0.3 is 32.8 Å². The molecule has 0 unspecified atom stereocenters. The second-order valence-corrected chi connectivity index (χ2v) is 16.8. The molecule has 0 aliphatic carbocycles. The number of aromatic nitrogens is 2. The van der Waals surface area contributed by atoms with Crippen LogP contribution >= 0.6 is 0 Å².